The lowest BCUT2D eigenvalue weighted by atomic mass is 9.96. The van der Waals surface area contributed by atoms with Gasteiger partial charge in [0.15, 0.2) is 5.13 Å². The standard InChI is InChI=1S/C12H17N3OS/c1-15(12-14-9-11(8-13)17-12)5-2-10-3-6-16-7-4-10/h9-10H,2-7H2,1H3. The summed E-state index contributed by atoms with van der Waals surface area (Å²) < 4.78 is 5.35. The predicted octanol–water partition coefficient (Wildman–Crippen LogP) is 2.27. The Morgan fingerprint density at radius 2 is 2.35 bits per heavy atom. The highest BCUT2D eigenvalue weighted by Gasteiger charge is 2.15. The van der Waals surface area contributed by atoms with Crippen LogP contribution in [0, 0.1) is 17.2 Å². The molecule has 0 unspecified atom stereocenters. The second kappa shape index (κ2) is 5.99. The molecule has 1 aliphatic rings. The third-order valence-corrected chi connectivity index (χ3v) is 4.16. The molecule has 92 valence electrons. The van der Waals surface area contributed by atoms with Gasteiger partial charge in [0.25, 0.3) is 0 Å². The minimum absolute atomic E-state index is 0.679. The topological polar surface area (TPSA) is 49.1 Å². The lowest BCUT2D eigenvalue weighted by Crippen LogP contribution is -2.24. The molecule has 2 heterocycles. The first-order valence-electron chi connectivity index (χ1n) is 5.94. The number of hydrogen-bond donors (Lipinski definition) is 0. The zero-order valence-corrected chi connectivity index (χ0v) is 10.9. The van der Waals surface area contributed by atoms with E-state index in [4.69, 9.17) is 10.00 Å². The number of nitrogens with zero attached hydrogens (tertiary/aromatic N) is 3. The van der Waals surface area contributed by atoms with Gasteiger partial charge < -0.3 is 9.64 Å². The number of ether oxygens (including phenoxy) is 1. The molecule has 0 bridgehead atoms. The fourth-order valence-electron chi connectivity index (χ4n) is 2.00. The fourth-order valence-corrected chi connectivity index (χ4v) is 2.70. The average molecular weight is 251 g/mol. The molecular weight excluding hydrogens is 234 g/mol. The van der Waals surface area contributed by atoms with E-state index in [2.05, 4.69) is 16.0 Å². The zero-order chi connectivity index (χ0) is 12.1. The van der Waals surface area contributed by atoms with Gasteiger partial charge in [-0.2, -0.15) is 5.26 Å². The molecule has 5 heteroatoms. The van der Waals surface area contributed by atoms with Gasteiger partial charge in [-0.1, -0.05) is 11.3 Å². The Bertz CT molecular complexity index is 393. The smallest absolute Gasteiger partial charge is 0.186 e. The van der Waals surface area contributed by atoms with E-state index in [1.54, 1.807) is 6.20 Å². The Morgan fingerprint density at radius 1 is 1.59 bits per heavy atom. The van der Waals surface area contributed by atoms with Gasteiger partial charge in [0.2, 0.25) is 0 Å². The molecule has 1 fully saturated rings. The number of nitriles is 1. The monoisotopic (exact) mass is 251 g/mol. The normalized spacial score (nSPS) is 16.7. The van der Waals surface area contributed by atoms with Crippen molar-refractivity contribution >= 4 is 16.5 Å². The lowest BCUT2D eigenvalue weighted by molar-refractivity contribution is 0.0645. The molecule has 0 amide bonds. The van der Waals surface area contributed by atoms with Crippen molar-refractivity contribution in [3.8, 4) is 6.07 Å². The van der Waals surface area contributed by atoms with Crippen LogP contribution in [0.5, 0.6) is 0 Å². The van der Waals surface area contributed by atoms with Gasteiger partial charge in [-0.05, 0) is 25.2 Å². The summed E-state index contributed by atoms with van der Waals surface area (Å²) in [5, 5.41) is 9.69. The summed E-state index contributed by atoms with van der Waals surface area (Å²) in [4.78, 5) is 7.07. The first-order valence-corrected chi connectivity index (χ1v) is 6.76. The van der Waals surface area contributed by atoms with Crippen molar-refractivity contribution in [2.75, 3.05) is 31.7 Å². The van der Waals surface area contributed by atoms with Gasteiger partial charge in [0.05, 0.1) is 6.20 Å². The Labute approximate surface area is 106 Å². The van der Waals surface area contributed by atoms with Gasteiger partial charge in [-0.3, -0.25) is 0 Å². The Balaban J connectivity index is 1.80. The van der Waals surface area contributed by atoms with Crippen molar-refractivity contribution in [3.63, 3.8) is 0 Å². The van der Waals surface area contributed by atoms with Crippen molar-refractivity contribution < 1.29 is 4.74 Å². The SMILES string of the molecule is CN(CCC1CCOCC1)c1ncc(C#N)s1. The van der Waals surface area contributed by atoms with Gasteiger partial charge >= 0.3 is 0 Å². The van der Waals surface area contributed by atoms with Crippen LogP contribution in [0.3, 0.4) is 0 Å². The van der Waals surface area contributed by atoms with Crippen LogP contribution in [0.1, 0.15) is 24.1 Å². The second-order valence-electron chi connectivity index (χ2n) is 4.38. The van der Waals surface area contributed by atoms with E-state index in [-0.39, 0.29) is 0 Å². The highest BCUT2D eigenvalue weighted by molar-refractivity contribution is 7.16. The van der Waals surface area contributed by atoms with E-state index < -0.39 is 0 Å². The molecule has 0 aromatic carbocycles. The largest absolute Gasteiger partial charge is 0.381 e. The molecule has 1 aromatic rings. The molecule has 0 aliphatic carbocycles. The molecule has 0 spiro atoms. The van der Waals surface area contributed by atoms with Crippen LogP contribution >= 0.6 is 11.3 Å². The van der Waals surface area contributed by atoms with E-state index in [0.29, 0.717) is 4.88 Å². The minimum Gasteiger partial charge on any atom is -0.381 e. The van der Waals surface area contributed by atoms with Gasteiger partial charge in [-0.15, -0.1) is 0 Å². The van der Waals surface area contributed by atoms with Crippen LogP contribution in [0.25, 0.3) is 0 Å². The summed E-state index contributed by atoms with van der Waals surface area (Å²) in [5.41, 5.74) is 0. The summed E-state index contributed by atoms with van der Waals surface area (Å²) in [6.07, 6.45) is 5.18. The number of anilines is 1. The van der Waals surface area contributed by atoms with Crippen LogP contribution in [0.15, 0.2) is 6.20 Å². The molecule has 2 rings (SSSR count). The maximum absolute atomic E-state index is 8.75. The Hall–Kier alpha value is -1.12. The van der Waals surface area contributed by atoms with Crippen LogP contribution in [0.2, 0.25) is 0 Å². The van der Waals surface area contributed by atoms with E-state index in [0.717, 1.165) is 30.8 Å². The van der Waals surface area contributed by atoms with E-state index in [1.807, 2.05) is 7.05 Å². The highest BCUT2D eigenvalue weighted by atomic mass is 32.1. The summed E-state index contributed by atoms with van der Waals surface area (Å²) in [7, 11) is 2.04. The molecule has 0 atom stereocenters. The van der Waals surface area contributed by atoms with Gasteiger partial charge in [0, 0.05) is 26.8 Å². The van der Waals surface area contributed by atoms with Crippen molar-refractivity contribution in [1.82, 2.24) is 4.98 Å². The lowest BCUT2D eigenvalue weighted by Gasteiger charge is -2.24. The van der Waals surface area contributed by atoms with Crippen molar-refractivity contribution in [1.29, 1.82) is 5.26 Å². The van der Waals surface area contributed by atoms with E-state index in [1.165, 1.54) is 30.6 Å². The number of aromatic nitrogens is 1. The summed E-state index contributed by atoms with van der Waals surface area (Å²) in [6.45, 7) is 2.82. The van der Waals surface area contributed by atoms with Crippen LogP contribution < -0.4 is 4.90 Å². The van der Waals surface area contributed by atoms with Crippen molar-refractivity contribution in [2.45, 2.75) is 19.3 Å². The fraction of sp³-hybridized carbons (Fsp3) is 0.667. The van der Waals surface area contributed by atoms with Gasteiger partial charge in [-0.25, -0.2) is 4.98 Å². The molecule has 0 N–H and O–H groups in total. The van der Waals surface area contributed by atoms with Crippen LogP contribution in [-0.4, -0.2) is 31.8 Å². The minimum atomic E-state index is 0.679. The maximum atomic E-state index is 8.75. The third kappa shape index (κ3) is 3.42. The van der Waals surface area contributed by atoms with Crippen LogP contribution in [-0.2, 0) is 4.74 Å². The molecule has 1 saturated heterocycles. The molecule has 0 saturated carbocycles. The van der Waals surface area contributed by atoms with E-state index in [9.17, 15) is 0 Å². The maximum Gasteiger partial charge on any atom is 0.186 e. The zero-order valence-electron chi connectivity index (χ0n) is 10.1. The molecule has 4 nitrogen and oxygen atoms in total. The van der Waals surface area contributed by atoms with Crippen molar-refractivity contribution in [3.05, 3.63) is 11.1 Å². The quantitative estimate of drug-likeness (QED) is 0.823. The van der Waals surface area contributed by atoms with Gasteiger partial charge in [0.1, 0.15) is 10.9 Å². The molecule has 17 heavy (non-hydrogen) atoms. The van der Waals surface area contributed by atoms with E-state index >= 15 is 0 Å². The van der Waals surface area contributed by atoms with Crippen molar-refractivity contribution in [2.24, 2.45) is 5.92 Å². The summed E-state index contributed by atoms with van der Waals surface area (Å²) in [6, 6.07) is 2.12. The number of thiazole rings is 1. The first kappa shape index (κ1) is 12.3. The van der Waals surface area contributed by atoms with Crippen LogP contribution in [0.4, 0.5) is 5.13 Å². The molecule has 0 radical (unpaired) electrons. The highest BCUT2D eigenvalue weighted by Crippen LogP contribution is 2.23. The molecule has 1 aliphatic heterocycles. The Morgan fingerprint density at radius 3 is 3.00 bits per heavy atom. The average Bonchev–Trinajstić information content (AvgIpc) is 2.86. The first-order chi connectivity index (χ1) is 8.29. The Kier molecular flexibility index (Phi) is 4.35. The summed E-state index contributed by atoms with van der Waals surface area (Å²) in [5.74, 6) is 0.779. The number of hydrogen-bond acceptors (Lipinski definition) is 5. The third-order valence-electron chi connectivity index (χ3n) is 3.14. The number of rotatable bonds is 4. The molecule has 1 aromatic heterocycles. The molecular formula is C12H17N3OS. The second-order valence-corrected chi connectivity index (χ2v) is 5.39. The summed E-state index contributed by atoms with van der Waals surface area (Å²) >= 11 is 1.46. The predicted molar refractivity (Wildman–Crippen MR) is 68.3 cm³/mol.